The topological polar surface area (TPSA) is 9.86 Å². The molecule has 0 N–H and O–H groups in total. The van der Waals surface area contributed by atoms with Crippen LogP contribution in [0.15, 0.2) is 279 Å². The zero-order valence-corrected chi connectivity index (χ0v) is 45.7. The Morgan fingerprint density at radius 3 is 1.10 bits per heavy atom. The minimum absolute atomic E-state index is 0.143. The Labute approximate surface area is 482 Å². The Kier molecular flexibility index (Phi) is 10.7. The van der Waals surface area contributed by atoms with Crippen molar-refractivity contribution in [1.29, 1.82) is 0 Å². The molecule has 2 heterocycles. The van der Waals surface area contributed by atoms with Crippen molar-refractivity contribution in [3.8, 4) is 44.8 Å². The van der Waals surface area contributed by atoms with Gasteiger partial charge in [-0.15, -0.1) is 0 Å². The van der Waals surface area contributed by atoms with Gasteiger partial charge in [0.2, 0.25) is 0 Å². The van der Waals surface area contributed by atoms with Crippen molar-refractivity contribution in [2.24, 2.45) is 0 Å². The van der Waals surface area contributed by atoms with Crippen molar-refractivity contribution in [3.63, 3.8) is 0 Å². The molecule has 0 atom stereocenters. The standard InChI is InChI=1S/C81H54N2/c1-2-16-64-52-81(51-63(64)15-1)73-49-61(57-37-31-53(32-38-57)27-29-55-35-45-79-71(47-55)69-21-7-9-23-77(69)82(79)75-25-11-17-59-13-3-5-19-65(59)75)41-43-67(73)68-44-42-62(50-74(68)81)58-39-33-54(34-40-58)28-30-56-36-46-80-72(48-56)70-22-8-10-24-78(70)83(80)76-26-12-18-60-14-4-6-20-66(60)76/h1-50H,51-52H2/b29-27+,30-28+. The first-order valence-electron chi connectivity index (χ1n) is 29.0. The molecule has 17 rings (SSSR count). The van der Waals surface area contributed by atoms with Crippen molar-refractivity contribution in [3.05, 3.63) is 324 Å². The molecule has 0 saturated heterocycles. The molecule has 2 heteroatoms. The average Bonchev–Trinajstić information content (AvgIpc) is 1.95. The van der Waals surface area contributed by atoms with Crippen molar-refractivity contribution in [1.82, 2.24) is 9.13 Å². The fourth-order valence-corrected chi connectivity index (χ4v) is 14.3. The summed E-state index contributed by atoms with van der Waals surface area (Å²) in [6.45, 7) is 0. The molecule has 13 aromatic carbocycles. The molecular formula is C81H54N2. The Bertz CT molecular complexity index is 4860. The van der Waals surface area contributed by atoms with Crippen LogP contribution >= 0.6 is 0 Å². The summed E-state index contributed by atoms with van der Waals surface area (Å²) in [6, 6.07) is 104. The predicted octanol–water partition coefficient (Wildman–Crippen LogP) is 20.9. The van der Waals surface area contributed by atoms with Gasteiger partial charge in [0, 0.05) is 37.7 Å². The Hall–Kier alpha value is -10.5. The van der Waals surface area contributed by atoms with E-state index in [1.54, 1.807) is 0 Å². The molecule has 2 aromatic heterocycles. The van der Waals surface area contributed by atoms with Crippen LogP contribution in [0.2, 0.25) is 0 Å². The van der Waals surface area contributed by atoms with Gasteiger partial charge in [0.1, 0.15) is 0 Å². The lowest BCUT2D eigenvalue weighted by atomic mass is 9.74. The highest BCUT2D eigenvalue weighted by Crippen LogP contribution is 2.57. The van der Waals surface area contributed by atoms with E-state index in [9.17, 15) is 0 Å². The van der Waals surface area contributed by atoms with Gasteiger partial charge in [0.05, 0.1) is 33.4 Å². The minimum atomic E-state index is -0.143. The largest absolute Gasteiger partial charge is 0.309 e. The summed E-state index contributed by atoms with van der Waals surface area (Å²) in [5.74, 6) is 0. The van der Waals surface area contributed by atoms with Crippen molar-refractivity contribution in [2.75, 3.05) is 0 Å². The molecule has 0 fully saturated rings. The maximum Gasteiger partial charge on any atom is 0.0541 e. The normalized spacial score (nSPS) is 13.4. The highest BCUT2D eigenvalue weighted by Gasteiger charge is 2.47. The van der Waals surface area contributed by atoms with Crippen LogP contribution < -0.4 is 0 Å². The first kappa shape index (κ1) is 47.3. The van der Waals surface area contributed by atoms with Gasteiger partial charge in [0.15, 0.2) is 0 Å². The van der Waals surface area contributed by atoms with E-state index in [1.807, 2.05) is 0 Å². The number of rotatable bonds is 8. The van der Waals surface area contributed by atoms with Gasteiger partial charge in [-0.3, -0.25) is 0 Å². The summed E-state index contributed by atoms with van der Waals surface area (Å²) in [7, 11) is 0. The van der Waals surface area contributed by atoms with Gasteiger partial charge in [-0.05, 0) is 162 Å². The van der Waals surface area contributed by atoms with Gasteiger partial charge < -0.3 is 9.13 Å². The van der Waals surface area contributed by atoms with E-state index in [4.69, 9.17) is 0 Å². The summed E-state index contributed by atoms with van der Waals surface area (Å²) in [6.07, 6.45) is 11.0. The molecule has 0 saturated carbocycles. The van der Waals surface area contributed by atoms with E-state index < -0.39 is 0 Å². The SMILES string of the molecule is C(=C\c1ccc2c(c1)c1ccccc1n2-c1cccc2ccccc12)/c1ccc(-c2ccc3c(c2)C2(Cc4ccccc4C2)c2cc(-c4ccc(/C=C/c5ccc6c(c5)c5ccccc5n6-c5cccc6ccccc56)cc4)ccc2-3)cc1. The Balaban J connectivity index is 0.648. The maximum atomic E-state index is 2.51. The van der Waals surface area contributed by atoms with Crippen LogP contribution in [0.3, 0.4) is 0 Å². The Morgan fingerprint density at radius 1 is 0.265 bits per heavy atom. The second-order valence-electron chi connectivity index (χ2n) is 22.9. The van der Waals surface area contributed by atoms with Crippen molar-refractivity contribution >= 4 is 89.5 Å². The number of fused-ring (bicyclic) bond motifs is 14. The molecule has 0 bridgehead atoms. The monoisotopic (exact) mass is 1050 g/mol. The van der Waals surface area contributed by atoms with E-state index in [2.05, 4.69) is 312 Å². The zero-order chi connectivity index (χ0) is 54.6. The van der Waals surface area contributed by atoms with Crippen LogP contribution in [0.1, 0.15) is 44.5 Å². The molecule has 2 aliphatic rings. The van der Waals surface area contributed by atoms with Gasteiger partial charge in [-0.1, -0.05) is 243 Å². The van der Waals surface area contributed by atoms with Crippen LogP contribution in [-0.2, 0) is 18.3 Å². The number of nitrogens with zero attached hydrogens (tertiary/aromatic N) is 2. The van der Waals surface area contributed by atoms with Gasteiger partial charge in [-0.2, -0.15) is 0 Å². The molecule has 388 valence electrons. The van der Waals surface area contributed by atoms with Crippen molar-refractivity contribution < 1.29 is 0 Å². The number of hydrogen-bond donors (Lipinski definition) is 0. The predicted molar refractivity (Wildman–Crippen MR) is 352 cm³/mol. The van der Waals surface area contributed by atoms with Crippen LogP contribution in [0, 0.1) is 0 Å². The lowest BCUT2D eigenvalue weighted by Crippen LogP contribution is -2.26. The maximum absolute atomic E-state index is 2.51. The van der Waals surface area contributed by atoms with Gasteiger partial charge in [-0.25, -0.2) is 0 Å². The van der Waals surface area contributed by atoms with Crippen LogP contribution in [-0.4, -0.2) is 9.13 Å². The molecule has 15 aromatic rings. The van der Waals surface area contributed by atoms with E-state index in [1.165, 1.54) is 154 Å². The van der Waals surface area contributed by atoms with Gasteiger partial charge >= 0.3 is 0 Å². The summed E-state index contributed by atoms with van der Waals surface area (Å²) in [5.41, 5.74) is 25.3. The first-order valence-corrected chi connectivity index (χ1v) is 29.0. The summed E-state index contributed by atoms with van der Waals surface area (Å²) < 4.78 is 4.85. The molecular weight excluding hydrogens is 1000 g/mol. The third kappa shape index (κ3) is 7.64. The average molecular weight is 1060 g/mol. The van der Waals surface area contributed by atoms with E-state index in [0.717, 1.165) is 12.8 Å². The van der Waals surface area contributed by atoms with E-state index in [0.29, 0.717) is 0 Å². The number of benzene rings is 13. The molecule has 1 spiro atoms. The smallest absolute Gasteiger partial charge is 0.0541 e. The third-order valence-electron chi connectivity index (χ3n) is 18.3. The molecule has 0 radical (unpaired) electrons. The second kappa shape index (κ2) is 18.8. The molecule has 83 heavy (non-hydrogen) atoms. The zero-order valence-electron chi connectivity index (χ0n) is 45.7. The molecule has 2 nitrogen and oxygen atoms in total. The molecule has 0 amide bonds. The minimum Gasteiger partial charge on any atom is -0.309 e. The highest BCUT2D eigenvalue weighted by molar-refractivity contribution is 6.13. The number of para-hydroxylation sites is 2. The van der Waals surface area contributed by atoms with E-state index >= 15 is 0 Å². The summed E-state index contributed by atoms with van der Waals surface area (Å²) in [5, 5.41) is 10.0. The van der Waals surface area contributed by atoms with Gasteiger partial charge in [0.25, 0.3) is 0 Å². The molecule has 0 unspecified atom stereocenters. The summed E-state index contributed by atoms with van der Waals surface area (Å²) >= 11 is 0. The number of hydrogen-bond acceptors (Lipinski definition) is 0. The second-order valence-corrected chi connectivity index (χ2v) is 22.9. The fourth-order valence-electron chi connectivity index (χ4n) is 14.3. The fraction of sp³-hybridized carbons (Fsp3) is 0.0370. The summed E-state index contributed by atoms with van der Waals surface area (Å²) in [4.78, 5) is 0. The van der Waals surface area contributed by atoms with Crippen LogP contribution in [0.5, 0.6) is 0 Å². The first-order chi connectivity index (χ1) is 41.1. The number of aromatic nitrogens is 2. The van der Waals surface area contributed by atoms with Crippen LogP contribution in [0.25, 0.3) is 134 Å². The molecule has 0 aliphatic heterocycles. The lowest BCUT2D eigenvalue weighted by molar-refractivity contribution is 0.564. The Morgan fingerprint density at radius 2 is 0.627 bits per heavy atom. The highest BCUT2D eigenvalue weighted by atomic mass is 15.0. The third-order valence-corrected chi connectivity index (χ3v) is 18.3. The quantitative estimate of drug-likeness (QED) is 0.134. The van der Waals surface area contributed by atoms with Crippen molar-refractivity contribution in [2.45, 2.75) is 18.3 Å². The lowest BCUT2D eigenvalue weighted by Gasteiger charge is -2.27. The van der Waals surface area contributed by atoms with Crippen LogP contribution in [0.4, 0.5) is 0 Å². The molecule has 2 aliphatic carbocycles. The van der Waals surface area contributed by atoms with E-state index in [-0.39, 0.29) is 5.41 Å².